The molecule has 3 rings (SSSR count). The molecule has 124 valence electrons. The number of carbonyl (C=O) groups excluding carboxylic acids is 1. The average Bonchev–Trinajstić information content (AvgIpc) is 2.58. The Hall–Kier alpha value is -2.08. The van der Waals surface area contributed by atoms with Gasteiger partial charge in [-0.25, -0.2) is 0 Å². The Morgan fingerprint density at radius 3 is 2.65 bits per heavy atom. The summed E-state index contributed by atoms with van der Waals surface area (Å²) in [6.45, 7) is 5.60. The first-order valence-corrected chi connectivity index (χ1v) is 8.11. The second-order valence-corrected chi connectivity index (χ2v) is 5.96. The van der Waals surface area contributed by atoms with Crippen molar-refractivity contribution in [2.75, 3.05) is 26.3 Å². The number of hydrogen-bond acceptors (Lipinski definition) is 5. The molecule has 0 bridgehead atoms. The average molecular weight is 317 g/mol. The van der Waals surface area contributed by atoms with Gasteiger partial charge in [0.25, 0.3) is 5.91 Å². The van der Waals surface area contributed by atoms with Gasteiger partial charge in [0.05, 0.1) is 0 Å². The van der Waals surface area contributed by atoms with E-state index in [1.54, 1.807) is 6.92 Å². The zero-order chi connectivity index (χ0) is 16.1. The minimum atomic E-state index is -0.158. The number of aromatic nitrogens is 1. The quantitative estimate of drug-likeness (QED) is 0.910. The van der Waals surface area contributed by atoms with Crippen molar-refractivity contribution in [2.45, 2.75) is 32.4 Å². The van der Waals surface area contributed by atoms with Crippen molar-refractivity contribution in [1.29, 1.82) is 0 Å². The van der Waals surface area contributed by atoms with E-state index in [9.17, 15) is 4.79 Å². The number of nitrogens with one attached hydrogen (secondary N) is 1. The van der Waals surface area contributed by atoms with E-state index < -0.39 is 0 Å². The fraction of sp³-hybridized carbons (Fsp3) is 0.529. The standard InChI is InChI=1S/C17H23N3O3/c1-13-16(23-11-10-22-13)17(21)19-15-4-8-20(9-5-15)12-14-2-6-18-7-3-14/h2-3,6-7,15H,4-5,8-12H2,1H3,(H,19,21). The van der Waals surface area contributed by atoms with Crippen LogP contribution in [0.15, 0.2) is 36.0 Å². The molecule has 0 radical (unpaired) electrons. The first kappa shape index (κ1) is 15.8. The molecule has 0 unspecified atom stereocenters. The molecule has 1 saturated heterocycles. The van der Waals surface area contributed by atoms with Crippen molar-refractivity contribution in [3.05, 3.63) is 41.6 Å². The van der Waals surface area contributed by atoms with Gasteiger partial charge in [-0.1, -0.05) is 0 Å². The minimum absolute atomic E-state index is 0.158. The third kappa shape index (κ3) is 4.22. The van der Waals surface area contributed by atoms with Crippen LogP contribution in [0, 0.1) is 0 Å². The summed E-state index contributed by atoms with van der Waals surface area (Å²) in [4.78, 5) is 18.7. The normalized spacial score (nSPS) is 19.9. The summed E-state index contributed by atoms with van der Waals surface area (Å²) in [5.41, 5.74) is 1.27. The zero-order valence-corrected chi connectivity index (χ0v) is 13.5. The van der Waals surface area contributed by atoms with Gasteiger partial charge in [0.2, 0.25) is 5.76 Å². The van der Waals surface area contributed by atoms with Gasteiger partial charge in [0.1, 0.15) is 19.0 Å². The summed E-state index contributed by atoms with van der Waals surface area (Å²) in [6.07, 6.45) is 5.54. The highest BCUT2D eigenvalue weighted by atomic mass is 16.6. The SMILES string of the molecule is CC1=C(C(=O)NC2CCN(Cc3ccncc3)CC2)OCCO1. The van der Waals surface area contributed by atoms with Gasteiger partial charge in [0.15, 0.2) is 0 Å². The molecule has 0 atom stereocenters. The fourth-order valence-electron chi connectivity index (χ4n) is 2.96. The number of allylic oxidation sites excluding steroid dienone is 1. The maximum atomic E-state index is 12.3. The Labute approximate surface area is 136 Å². The number of hydrogen-bond donors (Lipinski definition) is 1. The van der Waals surface area contributed by atoms with Gasteiger partial charge in [0, 0.05) is 38.1 Å². The summed E-state index contributed by atoms with van der Waals surface area (Å²) in [5, 5.41) is 3.06. The van der Waals surface area contributed by atoms with Gasteiger partial charge >= 0.3 is 0 Å². The fourth-order valence-corrected chi connectivity index (χ4v) is 2.96. The van der Waals surface area contributed by atoms with Crippen LogP contribution in [0.2, 0.25) is 0 Å². The molecule has 0 saturated carbocycles. The van der Waals surface area contributed by atoms with E-state index in [4.69, 9.17) is 9.47 Å². The molecule has 6 nitrogen and oxygen atoms in total. The highest BCUT2D eigenvalue weighted by Crippen LogP contribution is 2.16. The van der Waals surface area contributed by atoms with Crippen molar-refractivity contribution < 1.29 is 14.3 Å². The van der Waals surface area contributed by atoms with Crippen molar-refractivity contribution in [1.82, 2.24) is 15.2 Å². The Bertz CT molecular complexity index is 566. The molecular formula is C17H23N3O3. The Morgan fingerprint density at radius 2 is 1.96 bits per heavy atom. The lowest BCUT2D eigenvalue weighted by Gasteiger charge is -2.32. The number of likely N-dealkylation sites (tertiary alicyclic amines) is 1. The van der Waals surface area contributed by atoms with E-state index in [-0.39, 0.29) is 11.9 Å². The highest BCUT2D eigenvalue weighted by Gasteiger charge is 2.25. The number of piperidine rings is 1. The third-order valence-electron chi connectivity index (χ3n) is 4.25. The van der Waals surface area contributed by atoms with Gasteiger partial charge in [-0.3, -0.25) is 14.7 Å². The van der Waals surface area contributed by atoms with Crippen LogP contribution >= 0.6 is 0 Å². The van der Waals surface area contributed by atoms with Crippen LogP contribution in [0.3, 0.4) is 0 Å². The molecule has 2 aliphatic heterocycles. The van der Waals surface area contributed by atoms with Crippen molar-refractivity contribution in [3.63, 3.8) is 0 Å². The summed E-state index contributed by atoms with van der Waals surface area (Å²) in [5.74, 6) is 0.745. The van der Waals surface area contributed by atoms with E-state index in [1.807, 2.05) is 24.5 Å². The third-order valence-corrected chi connectivity index (χ3v) is 4.25. The smallest absolute Gasteiger partial charge is 0.290 e. The first-order valence-electron chi connectivity index (χ1n) is 8.11. The monoisotopic (exact) mass is 317 g/mol. The predicted octanol–water partition coefficient (Wildman–Crippen LogP) is 1.44. The maximum Gasteiger partial charge on any atom is 0.290 e. The van der Waals surface area contributed by atoms with Crippen molar-refractivity contribution in [3.8, 4) is 0 Å². The Kier molecular flexibility index (Phi) is 5.12. The van der Waals surface area contributed by atoms with E-state index in [2.05, 4.69) is 15.2 Å². The van der Waals surface area contributed by atoms with Crippen LogP contribution in [0.5, 0.6) is 0 Å². The number of nitrogens with zero attached hydrogens (tertiary/aromatic N) is 2. The van der Waals surface area contributed by atoms with Crippen LogP contribution < -0.4 is 5.32 Å². The van der Waals surface area contributed by atoms with Crippen molar-refractivity contribution >= 4 is 5.91 Å². The largest absolute Gasteiger partial charge is 0.491 e. The molecule has 3 heterocycles. The van der Waals surface area contributed by atoms with E-state index in [1.165, 1.54) is 5.56 Å². The van der Waals surface area contributed by atoms with Crippen LogP contribution in [0.25, 0.3) is 0 Å². The van der Waals surface area contributed by atoms with Gasteiger partial charge in [-0.2, -0.15) is 0 Å². The molecule has 1 aromatic heterocycles. The van der Waals surface area contributed by atoms with Crippen LogP contribution in [-0.2, 0) is 20.8 Å². The lowest BCUT2D eigenvalue weighted by atomic mass is 10.0. The summed E-state index contributed by atoms with van der Waals surface area (Å²) in [6, 6.07) is 4.29. The Morgan fingerprint density at radius 1 is 1.26 bits per heavy atom. The van der Waals surface area contributed by atoms with E-state index >= 15 is 0 Å². The lowest BCUT2D eigenvalue weighted by molar-refractivity contribution is -0.123. The molecule has 1 N–H and O–H groups in total. The molecular weight excluding hydrogens is 294 g/mol. The molecule has 1 aromatic rings. The van der Waals surface area contributed by atoms with Crippen LogP contribution in [-0.4, -0.2) is 48.1 Å². The molecule has 0 aromatic carbocycles. The number of pyridine rings is 1. The minimum Gasteiger partial charge on any atom is -0.491 e. The first-order chi connectivity index (χ1) is 11.2. The second kappa shape index (κ2) is 7.46. The molecule has 23 heavy (non-hydrogen) atoms. The lowest BCUT2D eigenvalue weighted by Crippen LogP contribution is -2.45. The summed E-state index contributed by atoms with van der Waals surface area (Å²) >= 11 is 0. The molecule has 0 aliphatic carbocycles. The van der Waals surface area contributed by atoms with Gasteiger partial charge in [-0.05, 0) is 37.5 Å². The molecule has 2 aliphatic rings. The zero-order valence-electron chi connectivity index (χ0n) is 13.5. The van der Waals surface area contributed by atoms with E-state index in [0.29, 0.717) is 24.7 Å². The summed E-state index contributed by atoms with van der Waals surface area (Å²) < 4.78 is 10.8. The highest BCUT2D eigenvalue weighted by molar-refractivity contribution is 5.92. The Balaban J connectivity index is 1.47. The molecule has 1 amide bonds. The maximum absolute atomic E-state index is 12.3. The molecule has 0 spiro atoms. The topological polar surface area (TPSA) is 63.7 Å². The molecule has 1 fully saturated rings. The van der Waals surface area contributed by atoms with Gasteiger partial charge in [-0.15, -0.1) is 0 Å². The number of rotatable bonds is 4. The number of ether oxygens (including phenoxy) is 2. The number of amides is 1. The predicted molar refractivity (Wildman–Crippen MR) is 85.3 cm³/mol. The molecule has 6 heteroatoms. The van der Waals surface area contributed by atoms with Crippen molar-refractivity contribution in [2.24, 2.45) is 0 Å². The van der Waals surface area contributed by atoms with Crippen LogP contribution in [0.4, 0.5) is 0 Å². The van der Waals surface area contributed by atoms with Crippen LogP contribution in [0.1, 0.15) is 25.3 Å². The second-order valence-electron chi connectivity index (χ2n) is 5.96. The van der Waals surface area contributed by atoms with Gasteiger partial charge < -0.3 is 14.8 Å². The summed E-state index contributed by atoms with van der Waals surface area (Å²) in [7, 11) is 0. The van der Waals surface area contributed by atoms with E-state index in [0.717, 1.165) is 32.5 Å². The number of carbonyl (C=O) groups is 1.